The van der Waals surface area contributed by atoms with Gasteiger partial charge in [-0.15, -0.1) is 0 Å². The van der Waals surface area contributed by atoms with Gasteiger partial charge in [0.15, 0.2) is 0 Å². The third kappa shape index (κ3) is 2.89. The highest BCUT2D eigenvalue weighted by atomic mass is 35.5. The Morgan fingerprint density at radius 3 is 2.88 bits per heavy atom. The molecular weight excluding hydrogens is 222 g/mol. The van der Waals surface area contributed by atoms with Crippen LogP contribution >= 0.6 is 11.6 Å². The monoisotopic (exact) mass is 239 g/mol. The van der Waals surface area contributed by atoms with Crippen LogP contribution in [0.15, 0.2) is 18.2 Å². The summed E-state index contributed by atoms with van der Waals surface area (Å²) in [5, 5.41) is 4.26. The molecule has 0 atom stereocenters. The molecule has 1 aliphatic carbocycles. The Morgan fingerprint density at radius 2 is 2.25 bits per heavy atom. The predicted octanol–water partition coefficient (Wildman–Crippen LogP) is 3.38. The fourth-order valence-electron chi connectivity index (χ4n) is 1.83. The van der Waals surface area contributed by atoms with Crippen molar-refractivity contribution < 1.29 is 4.74 Å². The minimum atomic E-state index is 0.677. The van der Waals surface area contributed by atoms with Crippen LogP contribution in [-0.4, -0.2) is 12.6 Å². The van der Waals surface area contributed by atoms with Crippen molar-refractivity contribution in [2.24, 2.45) is 0 Å². The first kappa shape index (κ1) is 11.7. The molecule has 1 fully saturated rings. The van der Waals surface area contributed by atoms with Crippen molar-refractivity contribution in [2.45, 2.75) is 38.8 Å². The normalized spacial score (nSPS) is 15.9. The highest BCUT2D eigenvalue weighted by Crippen LogP contribution is 2.25. The average molecular weight is 240 g/mol. The van der Waals surface area contributed by atoms with Crippen LogP contribution in [0.1, 0.15) is 31.7 Å². The molecule has 1 N–H and O–H groups in total. The molecule has 0 unspecified atom stereocenters. The van der Waals surface area contributed by atoms with Gasteiger partial charge < -0.3 is 10.1 Å². The second-order valence-electron chi connectivity index (χ2n) is 4.19. The van der Waals surface area contributed by atoms with Crippen molar-refractivity contribution in [3.63, 3.8) is 0 Å². The summed E-state index contributed by atoms with van der Waals surface area (Å²) in [7, 11) is 0. The first-order chi connectivity index (χ1) is 7.79. The van der Waals surface area contributed by atoms with Gasteiger partial charge in [0, 0.05) is 23.2 Å². The van der Waals surface area contributed by atoms with Gasteiger partial charge >= 0.3 is 0 Å². The number of halogens is 1. The van der Waals surface area contributed by atoms with Crippen molar-refractivity contribution in [3.05, 3.63) is 28.8 Å². The van der Waals surface area contributed by atoms with E-state index in [4.69, 9.17) is 16.3 Å². The lowest BCUT2D eigenvalue weighted by Crippen LogP contribution is -2.34. The Morgan fingerprint density at radius 1 is 1.44 bits per heavy atom. The lowest BCUT2D eigenvalue weighted by molar-refractivity contribution is 0.321. The molecule has 1 saturated carbocycles. The van der Waals surface area contributed by atoms with Crippen molar-refractivity contribution >= 4 is 11.6 Å². The van der Waals surface area contributed by atoms with Crippen LogP contribution in [-0.2, 0) is 6.54 Å². The number of rotatable bonds is 5. The molecule has 0 saturated heterocycles. The van der Waals surface area contributed by atoms with Gasteiger partial charge in [0.1, 0.15) is 5.75 Å². The van der Waals surface area contributed by atoms with Crippen LogP contribution in [0.2, 0.25) is 5.02 Å². The van der Waals surface area contributed by atoms with Crippen molar-refractivity contribution in [2.75, 3.05) is 6.61 Å². The van der Waals surface area contributed by atoms with Crippen LogP contribution in [0.25, 0.3) is 0 Å². The Hall–Kier alpha value is -0.730. The molecule has 88 valence electrons. The number of benzene rings is 1. The zero-order valence-electron chi connectivity index (χ0n) is 9.63. The molecule has 0 aromatic heterocycles. The molecule has 0 amide bonds. The fourth-order valence-corrected chi connectivity index (χ4v) is 1.99. The highest BCUT2D eigenvalue weighted by Gasteiger charge is 2.16. The fraction of sp³-hybridized carbons (Fsp3) is 0.538. The molecule has 1 aliphatic rings. The van der Waals surface area contributed by atoms with E-state index in [2.05, 4.69) is 5.32 Å². The number of nitrogens with one attached hydrogen (secondary N) is 1. The van der Waals surface area contributed by atoms with E-state index in [0.717, 1.165) is 17.3 Å². The third-order valence-electron chi connectivity index (χ3n) is 3.02. The number of hydrogen-bond donors (Lipinski definition) is 1. The van der Waals surface area contributed by atoms with Crippen molar-refractivity contribution in [1.82, 2.24) is 5.32 Å². The number of hydrogen-bond acceptors (Lipinski definition) is 2. The minimum Gasteiger partial charge on any atom is -0.493 e. The maximum Gasteiger partial charge on any atom is 0.125 e. The van der Waals surface area contributed by atoms with Gasteiger partial charge in [-0.05, 0) is 31.9 Å². The maximum atomic E-state index is 5.95. The summed E-state index contributed by atoms with van der Waals surface area (Å²) >= 11 is 5.95. The van der Waals surface area contributed by atoms with E-state index in [1.165, 1.54) is 24.8 Å². The van der Waals surface area contributed by atoms with E-state index < -0.39 is 0 Å². The lowest BCUT2D eigenvalue weighted by Gasteiger charge is -2.27. The summed E-state index contributed by atoms with van der Waals surface area (Å²) in [5.74, 6) is 0.904. The molecule has 0 bridgehead atoms. The van der Waals surface area contributed by atoms with E-state index in [1.54, 1.807) is 0 Å². The Labute approximate surface area is 102 Å². The smallest absolute Gasteiger partial charge is 0.125 e. The average Bonchev–Trinajstić information content (AvgIpc) is 2.19. The first-order valence-electron chi connectivity index (χ1n) is 5.94. The van der Waals surface area contributed by atoms with Crippen molar-refractivity contribution in [3.8, 4) is 5.75 Å². The number of ether oxygens (including phenoxy) is 1. The van der Waals surface area contributed by atoms with Crippen LogP contribution in [0, 0.1) is 0 Å². The van der Waals surface area contributed by atoms with Gasteiger partial charge in [0.05, 0.1) is 6.61 Å². The second-order valence-corrected chi connectivity index (χ2v) is 4.63. The third-order valence-corrected chi connectivity index (χ3v) is 3.25. The summed E-state index contributed by atoms with van der Waals surface area (Å²) in [4.78, 5) is 0. The molecule has 0 heterocycles. The minimum absolute atomic E-state index is 0.677. The van der Waals surface area contributed by atoms with E-state index in [-0.39, 0.29) is 0 Å². The zero-order valence-corrected chi connectivity index (χ0v) is 10.4. The summed E-state index contributed by atoms with van der Waals surface area (Å²) in [5.41, 5.74) is 1.19. The van der Waals surface area contributed by atoms with Crippen LogP contribution in [0.4, 0.5) is 0 Å². The quantitative estimate of drug-likeness (QED) is 0.851. The van der Waals surface area contributed by atoms with Gasteiger partial charge in [0.2, 0.25) is 0 Å². The van der Waals surface area contributed by atoms with Gasteiger partial charge in [-0.25, -0.2) is 0 Å². The van der Waals surface area contributed by atoms with E-state index in [9.17, 15) is 0 Å². The Balaban J connectivity index is 1.99. The van der Waals surface area contributed by atoms with Crippen LogP contribution < -0.4 is 10.1 Å². The Kier molecular flexibility index (Phi) is 4.08. The Bertz CT molecular complexity index is 350. The highest BCUT2D eigenvalue weighted by molar-refractivity contribution is 6.30. The van der Waals surface area contributed by atoms with E-state index in [1.807, 2.05) is 25.1 Å². The summed E-state index contributed by atoms with van der Waals surface area (Å²) < 4.78 is 5.58. The molecule has 0 spiro atoms. The molecule has 0 radical (unpaired) electrons. The second kappa shape index (κ2) is 5.55. The summed E-state index contributed by atoms with van der Waals surface area (Å²) in [6, 6.07) is 6.55. The van der Waals surface area contributed by atoms with Crippen LogP contribution in [0.3, 0.4) is 0 Å². The molecule has 1 aromatic carbocycles. The van der Waals surface area contributed by atoms with Crippen molar-refractivity contribution in [1.29, 1.82) is 0 Å². The standard InChI is InChI=1S/C13H18ClNO/c1-2-16-13-8-11(14)7-6-10(13)9-15-12-4-3-5-12/h6-8,12,15H,2-5,9H2,1H3. The SMILES string of the molecule is CCOc1cc(Cl)ccc1CNC1CCC1. The summed E-state index contributed by atoms with van der Waals surface area (Å²) in [6.45, 7) is 3.54. The predicted molar refractivity (Wildman–Crippen MR) is 67.1 cm³/mol. The van der Waals surface area contributed by atoms with Gasteiger partial charge in [-0.1, -0.05) is 24.1 Å². The maximum absolute atomic E-state index is 5.95. The molecule has 2 rings (SSSR count). The van der Waals surface area contributed by atoms with Crippen LogP contribution in [0.5, 0.6) is 5.75 Å². The molecule has 2 nitrogen and oxygen atoms in total. The molecule has 3 heteroatoms. The van der Waals surface area contributed by atoms with E-state index >= 15 is 0 Å². The topological polar surface area (TPSA) is 21.3 Å². The molecule has 1 aromatic rings. The van der Waals surface area contributed by atoms with Gasteiger partial charge in [-0.3, -0.25) is 0 Å². The molecule has 16 heavy (non-hydrogen) atoms. The summed E-state index contributed by atoms with van der Waals surface area (Å²) in [6.07, 6.45) is 3.96. The lowest BCUT2D eigenvalue weighted by atomic mass is 9.93. The largest absolute Gasteiger partial charge is 0.493 e. The molecule has 0 aliphatic heterocycles. The zero-order chi connectivity index (χ0) is 11.4. The molecular formula is C13H18ClNO. The van der Waals surface area contributed by atoms with Gasteiger partial charge in [0.25, 0.3) is 0 Å². The van der Waals surface area contributed by atoms with E-state index in [0.29, 0.717) is 12.6 Å². The van der Waals surface area contributed by atoms with Gasteiger partial charge in [-0.2, -0.15) is 0 Å². The first-order valence-corrected chi connectivity index (χ1v) is 6.32.